The second kappa shape index (κ2) is 10.0. The SMILES string of the molecule is CC1=CCC[C@@]2(C)C[C@H]3OC(=O)[C@H](CN4CCN(C(c5ccc(F)cc5)c5ccc(F)cc5)CC4)[C@@H]3C=C12. The predicted octanol–water partition coefficient (Wildman–Crippen LogP) is 5.91. The van der Waals surface area contributed by atoms with Crippen LogP contribution in [0.4, 0.5) is 8.78 Å². The molecule has 0 unspecified atom stereocenters. The van der Waals surface area contributed by atoms with E-state index < -0.39 is 0 Å². The second-order valence-corrected chi connectivity index (χ2v) is 11.8. The van der Waals surface area contributed by atoms with Crippen LogP contribution in [0.3, 0.4) is 0 Å². The average Bonchev–Trinajstić information content (AvgIpc) is 3.19. The molecule has 0 saturated carbocycles. The normalized spacial score (nSPS) is 29.9. The number of hydrogen-bond donors (Lipinski definition) is 0. The maximum atomic E-state index is 13.7. The first-order valence-corrected chi connectivity index (χ1v) is 13.9. The van der Waals surface area contributed by atoms with Gasteiger partial charge >= 0.3 is 5.97 Å². The van der Waals surface area contributed by atoms with E-state index in [2.05, 4.69) is 35.8 Å². The van der Waals surface area contributed by atoms with Crippen LogP contribution in [0.1, 0.15) is 50.3 Å². The number of benzene rings is 2. The number of carbonyl (C=O) groups excluding carboxylic acids is 1. The Bertz CT molecular complexity index is 1200. The van der Waals surface area contributed by atoms with E-state index in [4.69, 9.17) is 4.74 Å². The summed E-state index contributed by atoms with van der Waals surface area (Å²) in [7, 11) is 0. The number of ether oxygens (including phenoxy) is 1. The molecule has 2 heterocycles. The molecular formula is C32H36F2N2O2. The lowest BCUT2D eigenvalue weighted by molar-refractivity contribution is -0.145. The summed E-state index contributed by atoms with van der Waals surface area (Å²) >= 11 is 0. The monoisotopic (exact) mass is 518 g/mol. The molecule has 4 aliphatic rings. The first-order chi connectivity index (χ1) is 18.3. The summed E-state index contributed by atoms with van der Waals surface area (Å²) in [4.78, 5) is 17.8. The molecule has 4 atom stereocenters. The van der Waals surface area contributed by atoms with Gasteiger partial charge in [-0.25, -0.2) is 8.78 Å². The number of halogens is 2. The molecule has 2 aromatic rings. The van der Waals surface area contributed by atoms with E-state index in [0.717, 1.165) is 56.6 Å². The zero-order chi connectivity index (χ0) is 26.4. The summed E-state index contributed by atoms with van der Waals surface area (Å²) in [6.07, 6.45) is 7.81. The summed E-state index contributed by atoms with van der Waals surface area (Å²) in [5.74, 6) is -0.594. The first kappa shape index (κ1) is 25.4. The molecule has 2 aromatic carbocycles. The largest absolute Gasteiger partial charge is 0.461 e. The Morgan fingerprint density at radius 2 is 1.58 bits per heavy atom. The van der Waals surface area contributed by atoms with Gasteiger partial charge in [0.25, 0.3) is 0 Å². The van der Waals surface area contributed by atoms with Crippen molar-refractivity contribution in [1.29, 1.82) is 0 Å². The average molecular weight is 519 g/mol. The topological polar surface area (TPSA) is 32.8 Å². The maximum Gasteiger partial charge on any atom is 0.311 e. The third-order valence-electron chi connectivity index (χ3n) is 9.30. The van der Waals surface area contributed by atoms with Crippen LogP contribution in [0, 0.1) is 28.9 Å². The lowest BCUT2D eigenvalue weighted by atomic mass is 9.62. The van der Waals surface area contributed by atoms with Gasteiger partial charge in [-0.2, -0.15) is 0 Å². The summed E-state index contributed by atoms with van der Waals surface area (Å²) in [6.45, 7) is 8.49. The lowest BCUT2D eigenvalue weighted by Crippen LogP contribution is -2.50. The minimum Gasteiger partial charge on any atom is -0.461 e. The highest BCUT2D eigenvalue weighted by atomic mass is 19.1. The summed E-state index contributed by atoms with van der Waals surface area (Å²) in [5, 5.41) is 0. The molecule has 0 spiro atoms. The van der Waals surface area contributed by atoms with Gasteiger partial charge in [0.15, 0.2) is 0 Å². The van der Waals surface area contributed by atoms with E-state index in [1.165, 1.54) is 35.4 Å². The number of rotatable bonds is 5. The number of allylic oxidation sites excluding steroid dienone is 3. The molecule has 0 aromatic heterocycles. The van der Waals surface area contributed by atoms with E-state index in [9.17, 15) is 13.6 Å². The molecule has 2 fully saturated rings. The molecule has 2 aliphatic heterocycles. The summed E-state index contributed by atoms with van der Waals surface area (Å²) in [6, 6.07) is 13.1. The molecule has 0 bridgehead atoms. The lowest BCUT2D eigenvalue weighted by Gasteiger charge is -2.43. The number of fused-ring (bicyclic) bond motifs is 2. The Balaban J connectivity index is 1.17. The molecule has 2 saturated heterocycles. The van der Waals surface area contributed by atoms with Crippen molar-refractivity contribution >= 4 is 5.97 Å². The minimum absolute atomic E-state index is 0.0187. The van der Waals surface area contributed by atoms with Gasteiger partial charge in [-0.3, -0.25) is 14.6 Å². The van der Waals surface area contributed by atoms with Crippen LogP contribution in [-0.2, 0) is 9.53 Å². The van der Waals surface area contributed by atoms with Crippen LogP contribution in [0.15, 0.2) is 71.8 Å². The number of hydrogen-bond acceptors (Lipinski definition) is 4. The molecule has 0 N–H and O–H groups in total. The Morgan fingerprint density at radius 3 is 2.18 bits per heavy atom. The Kier molecular flexibility index (Phi) is 6.73. The van der Waals surface area contributed by atoms with Crippen molar-refractivity contribution in [3.05, 3.63) is 94.6 Å². The van der Waals surface area contributed by atoms with Gasteiger partial charge < -0.3 is 4.74 Å². The Morgan fingerprint density at radius 1 is 0.974 bits per heavy atom. The second-order valence-electron chi connectivity index (χ2n) is 11.8. The van der Waals surface area contributed by atoms with Crippen molar-refractivity contribution in [3.8, 4) is 0 Å². The fraction of sp³-hybridized carbons (Fsp3) is 0.469. The smallest absolute Gasteiger partial charge is 0.311 e. The first-order valence-electron chi connectivity index (χ1n) is 13.9. The van der Waals surface area contributed by atoms with Crippen LogP contribution >= 0.6 is 0 Å². The van der Waals surface area contributed by atoms with Gasteiger partial charge in [0.05, 0.1) is 12.0 Å². The van der Waals surface area contributed by atoms with E-state index in [1.54, 1.807) is 0 Å². The molecule has 4 nitrogen and oxygen atoms in total. The number of esters is 1. The molecule has 0 radical (unpaired) electrons. The van der Waals surface area contributed by atoms with E-state index >= 15 is 0 Å². The highest BCUT2D eigenvalue weighted by molar-refractivity contribution is 5.76. The van der Waals surface area contributed by atoms with Crippen LogP contribution in [-0.4, -0.2) is 54.6 Å². The fourth-order valence-corrected chi connectivity index (χ4v) is 7.22. The molecule has 6 heteroatoms. The van der Waals surface area contributed by atoms with Crippen LogP contribution in [0.5, 0.6) is 0 Å². The quantitative estimate of drug-likeness (QED) is 0.461. The predicted molar refractivity (Wildman–Crippen MR) is 143 cm³/mol. The van der Waals surface area contributed by atoms with Crippen LogP contribution in [0.25, 0.3) is 0 Å². The van der Waals surface area contributed by atoms with Crippen molar-refractivity contribution in [2.75, 3.05) is 32.7 Å². The van der Waals surface area contributed by atoms with E-state index in [1.807, 2.05) is 24.3 Å². The van der Waals surface area contributed by atoms with Crippen molar-refractivity contribution in [1.82, 2.24) is 9.80 Å². The van der Waals surface area contributed by atoms with Crippen molar-refractivity contribution in [2.45, 2.75) is 45.3 Å². The van der Waals surface area contributed by atoms with Crippen molar-refractivity contribution in [3.63, 3.8) is 0 Å². The molecule has 38 heavy (non-hydrogen) atoms. The molecule has 200 valence electrons. The van der Waals surface area contributed by atoms with Gasteiger partial charge in [-0.15, -0.1) is 0 Å². The fourth-order valence-electron chi connectivity index (χ4n) is 7.22. The maximum absolute atomic E-state index is 13.7. The molecular weight excluding hydrogens is 482 g/mol. The van der Waals surface area contributed by atoms with Gasteiger partial charge in [0.2, 0.25) is 0 Å². The minimum atomic E-state index is -0.268. The van der Waals surface area contributed by atoms with Gasteiger partial charge in [-0.1, -0.05) is 48.9 Å². The summed E-state index contributed by atoms with van der Waals surface area (Å²) < 4.78 is 33.3. The Hall–Kier alpha value is -2.83. The third-order valence-corrected chi connectivity index (χ3v) is 9.30. The Labute approximate surface area is 224 Å². The molecule has 6 rings (SSSR count). The zero-order valence-corrected chi connectivity index (χ0v) is 22.2. The number of nitrogens with zero attached hydrogens (tertiary/aromatic N) is 2. The number of piperazine rings is 1. The van der Waals surface area contributed by atoms with Crippen molar-refractivity contribution in [2.24, 2.45) is 17.3 Å². The molecule has 0 amide bonds. The zero-order valence-electron chi connectivity index (χ0n) is 22.2. The standard InChI is InChI=1S/C32H36F2N2O2/c1-21-4-3-13-32(2)19-29-26(18-28(21)32)27(31(37)38-29)20-35-14-16-36(17-15-35)30(22-5-9-24(33)10-6-22)23-7-11-25(34)12-8-23/h4-12,18,26-27,29-30H,3,13-17,19-20H2,1-2H3/t26-,27+,29+,32-/m0/s1. The van der Waals surface area contributed by atoms with Crippen LogP contribution in [0.2, 0.25) is 0 Å². The van der Waals surface area contributed by atoms with Gasteiger partial charge in [0, 0.05) is 38.6 Å². The van der Waals surface area contributed by atoms with Crippen molar-refractivity contribution < 1.29 is 18.3 Å². The highest BCUT2D eigenvalue weighted by Gasteiger charge is 2.51. The van der Waals surface area contributed by atoms with Gasteiger partial charge in [0.1, 0.15) is 17.7 Å². The molecule has 2 aliphatic carbocycles. The third kappa shape index (κ3) is 4.73. The summed E-state index contributed by atoms with van der Waals surface area (Å²) in [5.41, 5.74) is 4.86. The van der Waals surface area contributed by atoms with E-state index in [0.29, 0.717) is 6.54 Å². The highest BCUT2D eigenvalue weighted by Crippen LogP contribution is 2.52. The number of carbonyl (C=O) groups is 1. The van der Waals surface area contributed by atoms with Gasteiger partial charge in [-0.05, 0) is 72.6 Å². The van der Waals surface area contributed by atoms with E-state index in [-0.39, 0.29) is 47.0 Å². The van der Waals surface area contributed by atoms with Crippen LogP contribution < -0.4 is 0 Å².